The minimum Gasteiger partial charge on any atom is -0.454 e. The van der Waals surface area contributed by atoms with Gasteiger partial charge in [0.25, 0.3) is 5.91 Å². The van der Waals surface area contributed by atoms with E-state index in [-0.39, 0.29) is 18.6 Å². The summed E-state index contributed by atoms with van der Waals surface area (Å²) in [4.78, 5) is 26.1. The fourth-order valence-electron chi connectivity index (χ4n) is 2.94. The third-order valence-electron chi connectivity index (χ3n) is 4.30. The van der Waals surface area contributed by atoms with E-state index >= 15 is 0 Å². The lowest BCUT2D eigenvalue weighted by Crippen LogP contribution is -2.45. The van der Waals surface area contributed by atoms with Crippen molar-refractivity contribution in [2.24, 2.45) is 0 Å². The molecule has 3 aromatic rings. The van der Waals surface area contributed by atoms with E-state index in [9.17, 15) is 9.59 Å². The Hall–Kier alpha value is -3.32. The summed E-state index contributed by atoms with van der Waals surface area (Å²) >= 11 is 1.33. The average Bonchev–Trinajstić information content (AvgIpc) is 3.40. The number of carbonyl (C=O) groups is 2. The van der Waals surface area contributed by atoms with Gasteiger partial charge in [0.1, 0.15) is 6.04 Å². The molecule has 28 heavy (non-hydrogen) atoms. The Kier molecular flexibility index (Phi) is 5.25. The molecule has 2 aromatic carbocycles. The molecule has 6 nitrogen and oxygen atoms in total. The molecule has 1 aliphatic rings. The Morgan fingerprint density at radius 3 is 2.64 bits per heavy atom. The van der Waals surface area contributed by atoms with Crippen LogP contribution in [0.3, 0.4) is 0 Å². The maximum absolute atomic E-state index is 13.0. The summed E-state index contributed by atoms with van der Waals surface area (Å²) in [5, 5.41) is 7.53. The van der Waals surface area contributed by atoms with Crippen molar-refractivity contribution in [3.05, 3.63) is 76.5 Å². The first-order valence-electron chi connectivity index (χ1n) is 8.78. The van der Waals surface area contributed by atoms with E-state index < -0.39 is 6.04 Å². The largest absolute Gasteiger partial charge is 0.454 e. The quantitative estimate of drug-likeness (QED) is 0.671. The number of thiophene rings is 1. The minimum atomic E-state index is -0.741. The van der Waals surface area contributed by atoms with Gasteiger partial charge in [-0.2, -0.15) is 0 Å². The number of rotatable bonds is 6. The number of anilines is 1. The van der Waals surface area contributed by atoms with Crippen LogP contribution in [0.25, 0.3) is 0 Å². The molecule has 2 heterocycles. The molecule has 0 fully saturated rings. The number of fused-ring (bicyclic) bond motifs is 1. The molecule has 1 aliphatic heterocycles. The van der Waals surface area contributed by atoms with Crippen molar-refractivity contribution in [3.8, 4) is 11.5 Å². The zero-order valence-corrected chi connectivity index (χ0v) is 15.7. The molecule has 2 amide bonds. The van der Waals surface area contributed by atoms with Crippen LogP contribution in [0.4, 0.5) is 5.69 Å². The molecule has 2 N–H and O–H groups in total. The van der Waals surface area contributed by atoms with Crippen molar-refractivity contribution >= 4 is 28.8 Å². The molecule has 1 unspecified atom stereocenters. The van der Waals surface area contributed by atoms with Gasteiger partial charge in [-0.1, -0.05) is 42.5 Å². The van der Waals surface area contributed by atoms with E-state index in [1.807, 2.05) is 35.7 Å². The highest BCUT2D eigenvalue weighted by molar-refractivity contribution is 7.12. The van der Waals surface area contributed by atoms with Gasteiger partial charge >= 0.3 is 0 Å². The topological polar surface area (TPSA) is 76.7 Å². The Balaban J connectivity index is 1.54. The number of hydrogen-bond acceptors (Lipinski definition) is 5. The summed E-state index contributed by atoms with van der Waals surface area (Å²) in [6.45, 7) is 0.116. The van der Waals surface area contributed by atoms with Crippen molar-refractivity contribution < 1.29 is 19.1 Å². The van der Waals surface area contributed by atoms with E-state index in [1.165, 1.54) is 11.3 Å². The summed E-state index contributed by atoms with van der Waals surface area (Å²) in [6.07, 6.45) is 0.371. The number of para-hydroxylation sites is 1. The molecule has 0 saturated carbocycles. The number of hydrogen-bond donors (Lipinski definition) is 2. The smallest absolute Gasteiger partial charge is 0.262 e. The van der Waals surface area contributed by atoms with E-state index in [0.29, 0.717) is 28.5 Å². The number of nitrogens with one attached hydrogen (secondary N) is 2. The predicted octanol–water partition coefficient (Wildman–Crippen LogP) is 3.46. The monoisotopic (exact) mass is 394 g/mol. The van der Waals surface area contributed by atoms with Crippen LogP contribution in [-0.2, 0) is 11.2 Å². The molecule has 0 spiro atoms. The van der Waals surface area contributed by atoms with Crippen LogP contribution in [0.1, 0.15) is 15.2 Å². The Bertz CT molecular complexity index is 973. The number of amides is 2. The van der Waals surface area contributed by atoms with E-state index in [4.69, 9.17) is 9.47 Å². The highest BCUT2D eigenvalue weighted by atomic mass is 32.1. The molecule has 1 atom stereocenters. The van der Waals surface area contributed by atoms with Crippen molar-refractivity contribution in [2.75, 3.05) is 12.1 Å². The molecule has 0 aliphatic carbocycles. The average molecular weight is 394 g/mol. The maximum Gasteiger partial charge on any atom is 0.262 e. The van der Waals surface area contributed by atoms with Crippen molar-refractivity contribution in [3.63, 3.8) is 0 Å². The third-order valence-corrected chi connectivity index (χ3v) is 5.17. The van der Waals surface area contributed by atoms with E-state index in [2.05, 4.69) is 10.6 Å². The Labute approximate surface area is 166 Å². The first-order chi connectivity index (χ1) is 13.7. The summed E-state index contributed by atoms with van der Waals surface area (Å²) in [6, 6.07) is 17.7. The standard InChI is InChI=1S/C21H18N2O4S/c24-20(22-15-8-4-9-17-19(15)27-13-26-17)16(12-14-6-2-1-3-7-14)23-21(25)18-10-5-11-28-18/h1-11,16H,12-13H2,(H,22,24)(H,23,25). The Morgan fingerprint density at radius 2 is 1.86 bits per heavy atom. The van der Waals surface area contributed by atoms with Crippen LogP contribution in [0, 0.1) is 0 Å². The third kappa shape index (κ3) is 3.99. The molecule has 142 valence electrons. The maximum atomic E-state index is 13.0. The summed E-state index contributed by atoms with van der Waals surface area (Å²) in [7, 11) is 0. The Morgan fingerprint density at radius 1 is 1.00 bits per heavy atom. The SMILES string of the molecule is O=C(NC(Cc1ccccc1)C(=O)Nc1cccc2c1OCO2)c1cccs1. The molecule has 4 rings (SSSR count). The minimum absolute atomic E-state index is 0.116. The molecule has 0 radical (unpaired) electrons. The lowest BCUT2D eigenvalue weighted by Gasteiger charge is -2.19. The lowest BCUT2D eigenvalue weighted by atomic mass is 10.0. The normalized spacial score (nSPS) is 13.0. The summed E-state index contributed by atoms with van der Waals surface area (Å²) in [5.74, 6) is 0.487. The van der Waals surface area contributed by atoms with E-state index in [1.54, 1.807) is 30.3 Å². The van der Waals surface area contributed by atoms with Crippen LogP contribution in [0.15, 0.2) is 66.0 Å². The van der Waals surface area contributed by atoms with Gasteiger partial charge in [-0.25, -0.2) is 0 Å². The molecular formula is C21H18N2O4S. The second kappa shape index (κ2) is 8.14. The van der Waals surface area contributed by atoms with Crippen LogP contribution >= 0.6 is 11.3 Å². The zero-order chi connectivity index (χ0) is 19.3. The van der Waals surface area contributed by atoms with Gasteiger partial charge in [-0.3, -0.25) is 9.59 Å². The van der Waals surface area contributed by atoms with Crippen LogP contribution in [0.2, 0.25) is 0 Å². The summed E-state index contributed by atoms with van der Waals surface area (Å²) in [5.41, 5.74) is 1.47. The fourth-order valence-corrected chi connectivity index (χ4v) is 3.57. The van der Waals surface area contributed by atoms with Gasteiger partial charge in [-0.05, 0) is 29.1 Å². The fraction of sp³-hybridized carbons (Fsp3) is 0.143. The van der Waals surface area contributed by atoms with Gasteiger partial charge < -0.3 is 20.1 Å². The van der Waals surface area contributed by atoms with Crippen molar-refractivity contribution in [2.45, 2.75) is 12.5 Å². The van der Waals surface area contributed by atoms with Gasteiger partial charge in [0.15, 0.2) is 11.5 Å². The molecule has 0 saturated heterocycles. The van der Waals surface area contributed by atoms with Gasteiger partial charge in [0.2, 0.25) is 12.7 Å². The highest BCUT2D eigenvalue weighted by Crippen LogP contribution is 2.38. The highest BCUT2D eigenvalue weighted by Gasteiger charge is 2.25. The van der Waals surface area contributed by atoms with Gasteiger partial charge in [0, 0.05) is 6.42 Å². The van der Waals surface area contributed by atoms with Gasteiger partial charge in [0.05, 0.1) is 10.6 Å². The number of ether oxygens (including phenoxy) is 2. The van der Waals surface area contributed by atoms with Crippen molar-refractivity contribution in [1.82, 2.24) is 5.32 Å². The molecule has 7 heteroatoms. The van der Waals surface area contributed by atoms with Crippen molar-refractivity contribution in [1.29, 1.82) is 0 Å². The number of carbonyl (C=O) groups excluding carboxylic acids is 2. The second-order valence-corrected chi connectivity index (χ2v) is 7.17. The first-order valence-corrected chi connectivity index (χ1v) is 9.66. The summed E-state index contributed by atoms with van der Waals surface area (Å²) < 4.78 is 10.8. The molecule has 0 bridgehead atoms. The van der Waals surface area contributed by atoms with Crippen LogP contribution in [-0.4, -0.2) is 24.6 Å². The zero-order valence-electron chi connectivity index (χ0n) is 14.9. The first kappa shape index (κ1) is 18.1. The molecule has 1 aromatic heterocycles. The second-order valence-electron chi connectivity index (χ2n) is 6.22. The van der Waals surface area contributed by atoms with Crippen LogP contribution in [0.5, 0.6) is 11.5 Å². The predicted molar refractivity (Wildman–Crippen MR) is 107 cm³/mol. The van der Waals surface area contributed by atoms with Gasteiger partial charge in [-0.15, -0.1) is 11.3 Å². The van der Waals surface area contributed by atoms with Crippen LogP contribution < -0.4 is 20.1 Å². The van der Waals surface area contributed by atoms with E-state index in [0.717, 1.165) is 5.56 Å². The lowest BCUT2D eigenvalue weighted by molar-refractivity contribution is -0.118. The molecular weight excluding hydrogens is 376 g/mol. The number of benzene rings is 2.